The molecule has 7 atom stereocenters. The van der Waals surface area contributed by atoms with Crippen molar-refractivity contribution in [2.24, 2.45) is 29.6 Å². The van der Waals surface area contributed by atoms with Gasteiger partial charge >= 0.3 is 10.8 Å². The van der Waals surface area contributed by atoms with Crippen LogP contribution in [0.25, 0.3) is 0 Å². The molecule has 3 heterocycles. The number of benzene rings is 2. The van der Waals surface area contributed by atoms with E-state index < -0.39 is 23.6 Å². The number of H-pyrrole nitrogens is 1. The summed E-state index contributed by atoms with van der Waals surface area (Å²) in [6.45, 7) is 3.96. The van der Waals surface area contributed by atoms with Gasteiger partial charge in [0, 0.05) is 16.0 Å². The number of carbonyl (C=O) groups excluding carboxylic acids is 3. The molecule has 224 valence electrons. The summed E-state index contributed by atoms with van der Waals surface area (Å²) >= 11 is 2.79. The summed E-state index contributed by atoms with van der Waals surface area (Å²) in [5, 5.41) is 0.826. The minimum Gasteiger partial charge on any atom is -0.490 e. The second kappa shape index (κ2) is 10.8. The first-order valence-corrected chi connectivity index (χ1v) is 16.1. The quantitative estimate of drug-likeness (QED) is 0.286. The average Bonchev–Trinajstić information content (AvgIpc) is 3.72. The van der Waals surface area contributed by atoms with Crippen molar-refractivity contribution >= 4 is 46.6 Å². The highest BCUT2D eigenvalue weighted by molar-refractivity contribution is 8.00. The van der Waals surface area contributed by atoms with Crippen molar-refractivity contribution in [1.29, 1.82) is 0 Å². The van der Waals surface area contributed by atoms with E-state index in [-0.39, 0.29) is 58.8 Å². The van der Waals surface area contributed by atoms with Gasteiger partial charge in [-0.25, -0.2) is 9.18 Å². The Kier molecular flexibility index (Phi) is 7.08. The summed E-state index contributed by atoms with van der Waals surface area (Å²) in [7, 11) is 0. The molecule has 3 aromatic rings. The number of aromatic amines is 1. The van der Waals surface area contributed by atoms with Crippen molar-refractivity contribution in [3.05, 3.63) is 68.4 Å². The van der Waals surface area contributed by atoms with Gasteiger partial charge in [-0.3, -0.25) is 19.3 Å². The number of ether oxygens (including phenoxy) is 3. The Morgan fingerprint density at radius 1 is 0.977 bits per heavy atom. The minimum atomic E-state index is -0.482. The number of rotatable bonds is 8. The Hall–Kier alpha value is -3.64. The van der Waals surface area contributed by atoms with Crippen LogP contribution in [0, 0.1) is 35.4 Å². The second-order valence-corrected chi connectivity index (χ2v) is 13.4. The van der Waals surface area contributed by atoms with E-state index in [9.17, 15) is 23.6 Å². The molecule has 4 aliphatic rings. The van der Waals surface area contributed by atoms with Crippen molar-refractivity contribution in [2.75, 3.05) is 24.7 Å². The molecule has 7 rings (SSSR count). The van der Waals surface area contributed by atoms with Crippen molar-refractivity contribution in [3.63, 3.8) is 0 Å². The fourth-order valence-electron chi connectivity index (χ4n) is 7.68. The number of aromatic nitrogens is 1. The maximum Gasteiger partial charge on any atom is 0.344 e. The number of nitrogens with one attached hydrogen (secondary N) is 1. The highest BCUT2D eigenvalue weighted by Gasteiger charge is 2.69. The van der Waals surface area contributed by atoms with Crippen LogP contribution in [0.15, 0.2) is 52.3 Å². The highest BCUT2D eigenvalue weighted by atomic mass is 32.2. The highest BCUT2D eigenvalue weighted by Crippen LogP contribution is 2.68. The van der Waals surface area contributed by atoms with Crippen molar-refractivity contribution in [2.45, 2.75) is 36.5 Å². The number of fused-ring (bicyclic) bond motifs is 9. The van der Waals surface area contributed by atoms with E-state index in [1.54, 1.807) is 24.8 Å². The summed E-state index contributed by atoms with van der Waals surface area (Å²) in [6, 6.07) is 11.0. The van der Waals surface area contributed by atoms with Gasteiger partial charge in [0.1, 0.15) is 5.82 Å². The van der Waals surface area contributed by atoms with Crippen LogP contribution in [0.5, 0.6) is 11.5 Å². The first-order valence-electron chi connectivity index (χ1n) is 14.4. The lowest BCUT2D eigenvalue weighted by Crippen LogP contribution is -2.42. The zero-order chi connectivity index (χ0) is 30.0. The Morgan fingerprint density at radius 3 is 2.44 bits per heavy atom. The molecule has 0 unspecified atom stereocenters. The van der Waals surface area contributed by atoms with Gasteiger partial charge in [-0.15, -0.1) is 11.8 Å². The molecule has 2 amide bonds. The van der Waals surface area contributed by atoms with Crippen LogP contribution in [0.1, 0.15) is 36.6 Å². The largest absolute Gasteiger partial charge is 0.490 e. The lowest BCUT2D eigenvalue weighted by Gasteiger charge is -2.43. The van der Waals surface area contributed by atoms with Crippen LogP contribution in [-0.2, 0) is 19.1 Å². The van der Waals surface area contributed by atoms with E-state index in [0.29, 0.717) is 23.8 Å². The number of thiazole rings is 1. The van der Waals surface area contributed by atoms with Gasteiger partial charge in [0.25, 0.3) is 0 Å². The molecule has 2 aliphatic heterocycles. The number of anilines is 1. The maximum absolute atomic E-state index is 13.9. The van der Waals surface area contributed by atoms with Crippen LogP contribution >= 0.6 is 23.1 Å². The van der Waals surface area contributed by atoms with Crippen molar-refractivity contribution in [1.82, 2.24) is 4.98 Å². The third-order valence-electron chi connectivity index (χ3n) is 9.09. The number of nitrogens with zero attached hydrogens (tertiary/aromatic N) is 1. The molecule has 12 heteroatoms. The smallest absolute Gasteiger partial charge is 0.344 e. The standard InChI is InChI=1S/C31H29FN2O7S2/c1-3-39-20-11-14(5-10-19(20)41-13-21(35)40-4-2)22-23-17-12-18(26(23)42-28-27(22)43-31(38)33-28)25-24(17)29(36)34(30(25)37)16-8-6-15(32)7-9-16/h5-11,17-18,22-26H,3-4,12-13H2,1-2H3,(H,33,38)/t17-,18-,22+,23-,24+,25+,26-/m1/s1. The molecular formula is C31H29FN2O7S2. The lowest BCUT2D eigenvalue weighted by atomic mass is 9.68. The Balaban J connectivity index is 1.26. The zero-order valence-electron chi connectivity index (χ0n) is 23.4. The Labute approximate surface area is 254 Å². The van der Waals surface area contributed by atoms with E-state index in [2.05, 4.69) is 4.98 Å². The van der Waals surface area contributed by atoms with E-state index in [1.807, 2.05) is 19.1 Å². The van der Waals surface area contributed by atoms with E-state index in [0.717, 1.165) is 21.9 Å². The summed E-state index contributed by atoms with van der Waals surface area (Å²) in [5.74, 6) is -1.72. The van der Waals surface area contributed by atoms with E-state index in [1.165, 1.54) is 40.5 Å². The first-order chi connectivity index (χ1) is 20.8. The monoisotopic (exact) mass is 624 g/mol. The van der Waals surface area contributed by atoms with Crippen LogP contribution in [-0.4, -0.2) is 47.8 Å². The van der Waals surface area contributed by atoms with Gasteiger partial charge in [0.05, 0.1) is 35.8 Å². The van der Waals surface area contributed by atoms with Gasteiger partial charge in [0.15, 0.2) is 18.1 Å². The zero-order valence-corrected chi connectivity index (χ0v) is 25.0. The molecular weight excluding hydrogens is 595 g/mol. The van der Waals surface area contributed by atoms with Crippen LogP contribution in [0.3, 0.4) is 0 Å². The SMILES string of the molecule is CCOC(=O)COc1ccc([C@@H]2c3sc(=O)[nH]c3S[C@@H]3[C@@H]4C[C@@H]([C@@H]5C(=O)N(c6ccc(F)cc6)C(=O)[C@@H]45)[C@H]23)cc1OCC. The number of imide groups is 1. The minimum absolute atomic E-state index is 0.000828. The third kappa shape index (κ3) is 4.48. The summed E-state index contributed by atoms with van der Waals surface area (Å²) < 4.78 is 30.3. The second-order valence-electron chi connectivity index (χ2n) is 11.2. The van der Waals surface area contributed by atoms with Gasteiger partial charge in [-0.2, -0.15) is 0 Å². The van der Waals surface area contributed by atoms with E-state index in [4.69, 9.17) is 14.2 Å². The molecule has 9 nitrogen and oxygen atoms in total. The number of hydrogen-bond acceptors (Lipinski definition) is 9. The van der Waals surface area contributed by atoms with Crippen LogP contribution in [0.4, 0.5) is 10.1 Å². The fraction of sp³-hybridized carbons (Fsp3) is 0.419. The van der Waals surface area contributed by atoms with Crippen molar-refractivity contribution in [3.8, 4) is 11.5 Å². The maximum atomic E-state index is 13.9. The normalized spacial score (nSPS) is 28.4. The number of halogens is 1. The van der Waals surface area contributed by atoms with Crippen molar-refractivity contribution < 1.29 is 33.0 Å². The number of thioether (sulfide) groups is 1. The number of hydrogen-bond donors (Lipinski definition) is 1. The number of esters is 1. The molecule has 1 aromatic heterocycles. The summed E-state index contributed by atoms with van der Waals surface area (Å²) in [6.07, 6.45) is 0.751. The first kappa shape index (κ1) is 28.1. The van der Waals surface area contributed by atoms with Gasteiger partial charge in [-0.1, -0.05) is 17.4 Å². The summed E-state index contributed by atoms with van der Waals surface area (Å²) in [4.78, 5) is 57.1. The molecule has 0 radical (unpaired) electrons. The average molecular weight is 625 g/mol. The molecule has 2 saturated carbocycles. The Bertz CT molecular complexity index is 1670. The summed E-state index contributed by atoms with van der Waals surface area (Å²) in [5.41, 5.74) is 1.30. The van der Waals surface area contributed by atoms with Crippen LogP contribution in [0.2, 0.25) is 0 Å². The molecule has 3 fully saturated rings. The molecule has 2 aliphatic carbocycles. The molecule has 1 N–H and O–H groups in total. The molecule has 2 bridgehead atoms. The fourth-order valence-corrected chi connectivity index (χ4v) is 10.6. The van der Waals surface area contributed by atoms with Gasteiger partial charge in [-0.05, 0) is 80.0 Å². The lowest BCUT2D eigenvalue weighted by molar-refractivity contribution is -0.145. The number of carbonyl (C=O) groups is 3. The number of amides is 2. The van der Waals surface area contributed by atoms with Gasteiger partial charge in [0.2, 0.25) is 11.8 Å². The third-order valence-corrected chi connectivity index (χ3v) is 11.7. The Morgan fingerprint density at radius 2 is 1.72 bits per heavy atom. The molecule has 1 saturated heterocycles. The predicted octanol–water partition coefficient (Wildman–Crippen LogP) is 4.59. The molecule has 0 spiro atoms. The molecule has 2 aromatic carbocycles. The predicted molar refractivity (Wildman–Crippen MR) is 157 cm³/mol. The van der Waals surface area contributed by atoms with E-state index >= 15 is 0 Å². The molecule has 43 heavy (non-hydrogen) atoms. The van der Waals surface area contributed by atoms with Crippen LogP contribution < -0.4 is 19.2 Å². The van der Waals surface area contributed by atoms with Gasteiger partial charge < -0.3 is 19.2 Å². The topological polar surface area (TPSA) is 115 Å².